The first-order chi connectivity index (χ1) is 11.9. The average molecular weight is 340 g/mol. The lowest BCUT2D eigenvalue weighted by atomic mass is 9.37. The van der Waals surface area contributed by atoms with Crippen LogP contribution in [-0.2, 0) is 0 Å². The second-order valence-electron chi connectivity index (χ2n) is 10.2. The molecule has 6 aliphatic carbocycles. The van der Waals surface area contributed by atoms with Crippen molar-refractivity contribution >= 4 is 0 Å². The third-order valence-corrected chi connectivity index (χ3v) is 9.64. The highest BCUT2D eigenvalue weighted by molar-refractivity contribution is 5.25. The van der Waals surface area contributed by atoms with Crippen LogP contribution >= 0.6 is 0 Å². The number of hydrogen-bond donors (Lipinski definition) is 0. The summed E-state index contributed by atoms with van der Waals surface area (Å²) in [6, 6.07) is 0. The Kier molecular flexibility index (Phi) is 2.95. The molecule has 0 aromatic rings. The number of fused-ring (bicyclic) bond motifs is 1. The van der Waals surface area contributed by atoms with E-state index in [9.17, 15) is 11.1 Å². The fourth-order valence-corrected chi connectivity index (χ4v) is 8.99. The van der Waals surface area contributed by atoms with Crippen LogP contribution in [0.25, 0.3) is 20.9 Å². The molecule has 0 aromatic carbocycles. The summed E-state index contributed by atoms with van der Waals surface area (Å²) in [5.74, 6) is 4.94. The minimum Gasteiger partial charge on any atom is -0.0872 e. The van der Waals surface area contributed by atoms with E-state index in [4.69, 9.17) is 0 Å². The first kappa shape index (κ1) is 15.8. The van der Waals surface area contributed by atoms with Crippen molar-refractivity contribution in [3.63, 3.8) is 0 Å². The van der Waals surface area contributed by atoms with Crippen molar-refractivity contribution in [3.8, 4) is 0 Å². The summed E-state index contributed by atoms with van der Waals surface area (Å²) in [6.45, 7) is 7.09. The van der Waals surface area contributed by atoms with E-state index in [2.05, 4.69) is 40.8 Å². The molecule has 6 nitrogen and oxygen atoms in total. The van der Waals surface area contributed by atoms with Crippen LogP contribution < -0.4 is 0 Å². The molecule has 6 fully saturated rings. The summed E-state index contributed by atoms with van der Waals surface area (Å²) in [5, 5.41) is 8.83. The highest BCUT2D eigenvalue weighted by Crippen LogP contribution is 2.79. The van der Waals surface area contributed by atoms with Gasteiger partial charge in [-0.15, -0.1) is 0 Å². The Hall–Kier alpha value is -1.38. The Labute approximate surface area is 149 Å². The lowest BCUT2D eigenvalue weighted by Gasteiger charge is -2.68. The van der Waals surface area contributed by atoms with E-state index in [1.165, 1.54) is 0 Å². The molecule has 6 saturated carbocycles. The largest absolute Gasteiger partial charge is 0.0872 e. The van der Waals surface area contributed by atoms with E-state index in [-0.39, 0.29) is 16.5 Å². The Morgan fingerprint density at radius 3 is 2.36 bits per heavy atom. The molecule has 10 atom stereocenters. The second kappa shape index (κ2) is 4.66. The molecule has 0 amide bonds. The molecule has 0 spiro atoms. The average Bonchev–Trinajstić information content (AvgIpc) is 2.91. The predicted octanol–water partition coefficient (Wildman–Crippen LogP) is 5.85. The van der Waals surface area contributed by atoms with Crippen molar-refractivity contribution in [2.24, 2.45) is 57.1 Å². The van der Waals surface area contributed by atoms with Gasteiger partial charge in [-0.05, 0) is 96.4 Å². The van der Waals surface area contributed by atoms with Crippen LogP contribution in [-0.4, -0.2) is 11.1 Å². The molecule has 25 heavy (non-hydrogen) atoms. The van der Waals surface area contributed by atoms with Crippen molar-refractivity contribution in [2.75, 3.05) is 0 Å². The van der Waals surface area contributed by atoms with Crippen LogP contribution in [0.2, 0.25) is 0 Å². The van der Waals surface area contributed by atoms with Gasteiger partial charge in [-0.25, -0.2) is 0 Å². The zero-order valence-electron chi connectivity index (χ0n) is 15.5. The minimum atomic E-state index is -0.203. The maximum atomic E-state index is 9.26. The van der Waals surface area contributed by atoms with Gasteiger partial charge in [0.2, 0.25) is 0 Å². The third-order valence-electron chi connectivity index (χ3n) is 9.64. The monoisotopic (exact) mass is 340 g/mol. The first-order valence-corrected chi connectivity index (χ1v) is 10.1. The summed E-state index contributed by atoms with van der Waals surface area (Å²) in [5.41, 5.74) is 18.4. The van der Waals surface area contributed by atoms with Crippen LogP contribution in [0.1, 0.15) is 59.3 Å². The van der Waals surface area contributed by atoms with Crippen molar-refractivity contribution in [2.45, 2.75) is 70.4 Å². The Balaban J connectivity index is 1.66. The molecule has 0 saturated heterocycles. The van der Waals surface area contributed by atoms with Crippen molar-refractivity contribution in [1.29, 1.82) is 0 Å². The molecule has 0 aromatic heterocycles. The number of hydrogen-bond acceptors (Lipinski definition) is 2. The van der Waals surface area contributed by atoms with Gasteiger partial charge in [0.05, 0.1) is 0 Å². The number of nitrogens with zero attached hydrogens (tertiary/aromatic N) is 6. The maximum absolute atomic E-state index is 9.26. The fraction of sp³-hybridized carbons (Fsp3) is 1.00. The molecule has 6 bridgehead atoms. The standard InChI is InChI=1S/C19H28N6/c1-4-18(22-24-20)6-12-11-5-19(23-25-21)7-13(11)15(12)16-10(2)14(8-19)17(16,3)9-18/h10-16H,4-9H2,1-3H3. The van der Waals surface area contributed by atoms with Crippen LogP contribution in [0, 0.1) is 46.8 Å². The van der Waals surface area contributed by atoms with Crippen LogP contribution in [0.4, 0.5) is 0 Å². The van der Waals surface area contributed by atoms with E-state index in [1.807, 2.05) is 0 Å². The smallest absolute Gasteiger partial charge is 0.0497 e. The van der Waals surface area contributed by atoms with Gasteiger partial charge in [-0.3, -0.25) is 0 Å². The summed E-state index contributed by atoms with van der Waals surface area (Å²) in [4.78, 5) is 6.57. The van der Waals surface area contributed by atoms with Crippen molar-refractivity contribution < 1.29 is 0 Å². The molecule has 6 rings (SSSR count). The van der Waals surface area contributed by atoms with E-state index >= 15 is 0 Å². The SMILES string of the molecule is CCC1(N=[N+]=[N-])CC2C3CC4(N=[N+]=[N-])CC3C2C2C(C)C(C4)C2(C)C1. The Morgan fingerprint density at radius 2 is 1.68 bits per heavy atom. The molecule has 0 aliphatic heterocycles. The predicted molar refractivity (Wildman–Crippen MR) is 95.3 cm³/mol. The molecule has 0 radical (unpaired) electrons. The lowest BCUT2D eigenvalue weighted by molar-refractivity contribution is -0.199. The third kappa shape index (κ3) is 1.68. The van der Waals surface area contributed by atoms with Gasteiger partial charge in [0.15, 0.2) is 0 Å². The molecule has 0 heterocycles. The zero-order valence-corrected chi connectivity index (χ0v) is 15.5. The van der Waals surface area contributed by atoms with Crippen molar-refractivity contribution in [1.82, 2.24) is 0 Å². The van der Waals surface area contributed by atoms with Gasteiger partial charge < -0.3 is 0 Å². The Morgan fingerprint density at radius 1 is 1.00 bits per heavy atom. The van der Waals surface area contributed by atoms with Crippen LogP contribution in [0.15, 0.2) is 10.2 Å². The van der Waals surface area contributed by atoms with Gasteiger partial charge in [0.25, 0.3) is 0 Å². The molecular weight excluding hydrogens is 312 g/mol. The van der Waals surface area contributed by atoms with E-state index in [0.717, 1.165) is 56.3 Å². The molecular formula is C19H28N6. The zero-order chi connectivity index (χ0) is 17.6. The first-order valence-electron chi connectivity index (χ1n) is 10.1. The van der Waals surface area contributed by atoms with E-state index < -0.39 is 0 Å². The number of azide groups is 2. The second-order valence-corrected chi connectivity index (χ2v) is 10.2. The highest BCUT2D eigenvalue weighted by Gasteiger charge is 2.74. The number of rotatable bonds is 3. The summed E-state index contributed by atoms with van der Waals surface area (Å²) in [7, 11) is 0. The van der Waals surface area contributed by atoms with Crippen LogP contribution in [0.3, 0.4) is 0 Å². The van der Waals surface area contributed by atoms with Crippen molar-refractivity contribution in [3.05, 3.63) is 20.9 Å². The minimum absolute atomic E-state index is 0.132. The molecule has 10 unspecified atom stereocenters. The van der Waals surface area contributed by atoms with Gasteiger partial charge >= 0.3 is 0 Å². The van der Waals surface area contributed by atoms with Gasteiger partial charge in [0.1, 0.15) is 0 Å². The summed E-state index contributed by atoms with van der Waals surface area (Å²) < 4.78 is 0. The van der Waals surface area contributed by atoms with Crippen LogP contribution in [0.5, 0.6) is 0 Å². The molecule has 0 N–H and O–H groups in total. The van der Waals surface area contributed by atoms with Gasteiger partial charge in [-0.1, -0.05) is 31.0 Å². The highest BCUT2D eigenvalue weighted by atomic mass is 15.2. The Bertz CT molecular complexity index is 723. The van der Waals surface area contributed by atoms with E-state index in [0.29, 0.717) is 23.7 Å². The molecule has 6 aliphatic rings. The fourth-order valence-electron chi connectivity index (χ4n) is 8.99. The van der Waals surface area contributed by atoms with E-state index in [1.54, 1.807) is 0 Å². The summed E-state index contributed by atoms with van der Waals surface area (Å²) in [6.07, 6.45) is 6.26. The molecule has 134 valence electrons. The topological polar surface area (TPSA) is 97.5 Å². The summed E-state index contributed by atoms with van der Waals surface area (Å²) >= 11 is 0. The normalized spacial score (nSPS) is 60.0. The lowest BCUT2D eigenvalue weighted by Crippen LogP contribution is -2.63. The van der Waals surface area contributed by atoms with Gasteiger partial charge in [0, 0.05) is 20.9 Å². The quantitative estimate of drug-likeness (QED) is 0.349. The van der Waals surface area contributed by atoms with Gasteiger partial charge in [-0.2, -0.15) is 0 Å². The maximum Gasteiger partial charge on any atom is 0.0497 e. The molecule has 6 heteroatoms.